The third-order valence-electron chi connectivity index (χ3n) is 2.32. The van der Waals surface area contributed by atoms with Gasteiger partial charge in [0.05, 0.1) is 6.61 Å². The van der Waals surface area contributed by atoms with Gasteiger partial charge < -0.3 is 14.9 Å². The Morgan fingerprint density at radius 1 is 1.57 bits per heavy atom. The first-order chi connectivity index (χ1) is 6.52. The van der Waals surface area contributed by atoms with Crippen LogP contribution in [0.25, 0.3) is 0 Å². The topological polar surface area (TPSA) is 75.7 Å². The quantitative estimate of drug-likeness (QED) is 0.609. The Kier molecular flexibility index (Phi) is 1.90. The van der Waals surface area contributed by atoms with Crippen molar-refractivity contribution in [1.82, 2.24) is 0 Å². The van der Waals surface area contributed by atoms with Crippen LogP contribution in [0.1, 0.15) is 18.1 Å². The number of fused-ring (bicyclic) bond motifs is 1. The SMILES string of the molecule is CC1(N)Cc2cc(O)c(CO)cc2O1. The molecule has 0 aromatic heterocycles. The Morgan fingerprint density at radius 3 is 2.93 bits per heavy atom. The average Bonchev–Trinajstić information content (AvgIpc) is 2.36. The van der Waals surface area contributed by atoms with Crippen LogP contribution in [-0.2, 0) is 13.0 Å². The van der Waals surface area contributed by atoms with Gasteiger partial charge in [-0.15, -0.1) is 0 Å². The first-order valence-electron chi connectivity index (χ1n) is 4.45. The second-order valence-electron chi connectivity index (χ2n) is 3.84. The first kappa shape index (κ1) is 9.30. The third kappa shape index (κ3) is 1.42. The van der Waals surface area contributed by atoms with Crippen molar-refractivity contribution in [3.8, 4) is 11.5 Å². The number of benzene rings is 1. The number of aromatic hydroxyl groups is 1. The van der Waals surface area contributed by atoms with Crippen LogP contribution < -0.4 is 10.5 Å². The summed E-state index contributed by atoms with van der Waals surface area (Å²) in [6, 6.07) is 3.22. The molecule has 0 fully saturated rings. The van der Waals surface area contributed by atoms with Crippen molar-refractivity contribution < 1.29 is 14.9 Å². The van der Waals surface area contributed by atoms with Crippen molar-refractivity contribution in [2.24, 2.45) is 5.73 Å². The fourth-order valence-electron chi connectivity index (χ4n) is 1.68. The van der Waals surface area contributed by atoms with E-state index in [9.17, 15) is 5.11 Å². The molecule has 1 aliphatic heterocycles. The zero-order chi connectivity index (χ0) is 10.3. The lowest BCUT2D eigenvalue weighted by atomic mass is 10.0. The highest BCUT2D eigenvalue weighted by Crippen LogP contribution is 2.36. The van der Waals surface area contributed by atoms with E-state index >= 15 is 0 Å². The molecule has 1 aromatic rings. The molecule has 1 aromatic carbocycles. The minimum Gasteiger partial charge on any atom is -0.508 e. The van der Waals surface area contributed by atoms with Gasteiger partial charge >= 0.3 is 0 Å². The molecule has 4 N–H and O–H groups in total. The normalized spacial score (nSPS) is 24.5. The van der Waals surface area contributed by atoms with Crippen LogP contribution in [-0.4, -0.2) is 15.9 Å². The van der Waals surface area contributed by atoms with E-state index in [1.54, 1.807) is 19.1 Å². The molecule has 1 heterocycles. The Balaban J connectivity index is 2.44. The fourth-order valence-corrected chi connectivity index (χ4v) is 1.68. The highest BCUT2D eigenvalue weighted by atomic mass is 16.5. The van der Waals surface area contributed by atoms with Gasteiger partial charge in [0.1, 0.15) is 11.5 Å². The highest BCUT2D eigenvalue weighted by molar-refractivity contribution is 5.48. The summed E-state index contributed by atoms with van der Waals surface area (Å²) in [5.74, 6) is 0.740. The van der Waals surface area contributed by atoms with Gasteiger partial charge in [0.25, 0.3) is 0 Å². The number of hydrogen-bond donors (Lipinski definition) is 3. The number of nitrogens with two attached hydrogens (primary N) is 1. The Morgan fingerprint density at radius 2 is 2.29 bits per heavy atom. The molecule has 14 heavy (non-hydrogen) atoms. The molecular formula is C10H13NO3. The summed E-state index contributed by atoms with van der Waals surface area (Å²) in [5, 5.41) is 18.4. The Hall–Kier alpha value is -1.26. The predicted molar refractivity (Wildman–Crippen MR) is 51.0 cm³/mol. The van der Waals surface area contributed by atoms with Crippen LogP contribution in [0.3, 0.4) is 0 Å². The van der Waals surface area contributed by atoms with E-state index in [1.165, 1.54) is 0 Å². The van der Waals surface area contributed by atoms with E-state index in [0.717, 1.165) is 5.56 Å². The largest absolute Gasteiger partial charge is 0.508 e. The van der Waals surface area contributed by atoms with E-state index in [0.29, 0.717) is 17.7 Å². The number of hydrogen-bond acceptors (Lipinski definition) is 4. The molecule has 0 bridgehead atoms. The molecule has 1 unspecified atom stereocenters. The molecule has 2 rings (SSSR count). The molecule has 1 atom stereocenters. The molecule has 0 saturated heterocycles. The Labute approximate surface area is 81.9 Å². The van der Waals surface area contributed by atoms with Crippen LogP contribution in [0.15, 0.2) is 12.1 Å². The fraction of sp³-hybridized carbons (Fsp3) is 0.400. The summed E-state index contributed by atoms with van der Waals surface area (Å²) >= 11 is 0. The Bertz CT molecular complexity index is 374. The van der Waals surface area contributed by atoms with E-state index in [1.807, 2.05) is 0 Å². The van der Waals surface area contributed by atoms with E-state index in [4.69, 9.17) is 15.6 Å². The second-order valence-corrected chi connectivity index (χ2v) is 3.84. The average molecular weight is 195 g/mol. The van der Waals surface area contributed by atoms with Crippen molar-refractivity contribution in [3.63, 3.8) is 0 Å². The zero-order valence-corrected chi connectivity index (χ0v) is 7.95. The first-order valence-corrected chi connectivity index (χ1v) is 4.45. The van der Waals surface area contributed by atoms with Crippen LogP contribution in [0, 0.1) is 0 Å². The number of phenols is 1. The second kappa shape index (κ2) is 2.87. The van der Waals surface area contributed by atoms with E-state index in [-0.39, 0.29) is 12.4 Å². The lowest BCUT2D eigenvalue weighted by molar-refractivity contribution is 0.124. The summed E-state index contributed by atoms with van der Waals surface area (Å²) in [5.41, 5.74) is 6.44. The van der Waals surface area contributed by atoms with Gasteiger partial charge in [-0.05, 0) is 19.1 Å². The summed E-state index contributed by atoms with van der Waals surface area (Å²) in [6.45, 7) is 1.58. The van der Waals surface area contributed by atoms with Crippen molar-refractivity contribution in [2.45, 2.75) is 25.7 Å². The molecular weight excluding hydrogens is 182 g/mol. The van der Waals surface area contributed by atoms with Crippen LogP contribution >= 0.6 is 0 Å². The molecule has 0 radical (unpaired) electrons. The summed E-state index contributed by atoms with van der Waals surface area (Å²) < 4.78 is 5.45. The van der Waals surface area contributed by atoms with Gasteiger partial charge in [-0.25, -0.2) is 0 Å². The van der Waals surface area contributed by atoms with Gasteiger partial charge in [-0.2, -0.15) is 0 Å². The minimum absolute atomic E-state index is 0.0903. The summed E-state index contributed by atoms with van der Waals surface area (Å²) in [4.78, 5) is 0. The number of rotatable bonds is 1. The lowest BCUT2D eigenvalue weighted by Crippen LogP contribution is -2.40. The maximum atomic E-state index is 9.49. The number of aliphatic hydroxyl groups excluding tert-OH is 1. The smallest absolute Gasteiger partial charge is 0.159 e. The molecule has 4 nitrogen and oxygen atoms in total. The van der Waals surface area contributed by atoms with Crippen LogP contribution in [0.4, 0.5) is 0 Å². The van der Waals surface area contributed by atoms with Crippen molar-refractivity contribution in [3.05, 3.63) is 23.3 Å². The number of ether oxygens (including phenoxy) is 1. The van der Waals surface area contributed by atoms with Gasteiger partial charge in [-0.3, -0.25) is 5.73 Å². The minimum atomic E-state index is -0.706. The number of aliphatic hydroxyl groups is 1. The van der Waals surface area contributed by atoms with Crippen molar-refractivity contribution in [1.29, 1.82) is 0 Å². The molecule has 0 spiro atoms. The van der Waals surface area contributed by atoms with E-state index in [2.05, 4.69) is 0 Å². The molecule has 4 heteroatoms. The third-order valence-corrected chi connectivity index (χ3v) is 2.32. The van der Waals surface area contributed by atoms with Gasteiger partial charge in [-0.1, -0.05) is 0 Å². The predicted octanol–water partition coefficient (Wildman–Crippen LogP) is 0.494. The summed E-state index contributed by atoms with van der Waals surface area (Å²) in [6.07, 6.45) is 0.571. The maximum Gasteiger partial charge on any atom is 0.159 e. The van der Waals surface area contributed by atoms with Gasteiger partial charge in [0, 0.05) is 17.5 Å². The van der Waals surface area contributed by atoms with Crippen LogP contribution in [0.5, 0.6) is 11.5 Å². The van der Waals surface area contributed by atoms with E-state index < -0.39 is 5.72 Å². The highest BCUT2D eigenvalue weighted by Gasteiger charge is 2.31. The molecule has 76 valence electrons. The monoisotopic (exact) mass is 195 g/mol. The summed E-state index contributed by atoms with van der Waals surface area (Å²) in [7, 11) is 0. The standard InChI is InChI=1S/C10H13NO3/c1-10(11)4-6-2-8(13)7(5-12)3-9(6)14-10/h2-3,12-13H,4-5,11H2,1H3. The van der Waals surface area contributed by atoms with Crippen LogP contribution in [0.2, 0.25) is 0 Å². The van der Waals surface area contributed by atoms with Crippen molar-refractivity contribution in [2.75, 3.05) is 0 Å². The van der Waals surface area contributed by atoms with Crippen molar-refractivity contribution >= 4 is 0 Å². The molecule has 0 aliphatic carbocycles. The maximum absolute atomic E-state index is 9.49. The molecule has 1 aliphatic rings. The van der Waals surface area contributed by atoms with Gasteiger partial charge in [0.15, 0.2) is 5.72 Å². The lowest BCUT2D eigenvalue weighted by Gasteiger charge is -2.16. The zero-order valence-electron chi connectivity index (χ0n) is 7.95. The van der Waals surface area contributed by atoms with Gasteiger partial charge in [0.2, 0.25) is 0 Å². The molecule has 0 amide bonds. The molecule has 0 saturated carbocycles.